The van der Waals surface area contributed by atoms with Gasteiger partial charge in [-0.1, -0.05) is 30.1 Å². The summed E-state index contributed by atoms with van der Waals surface area (Å²) in [6.45, 7) is 1.91. The Labute approximate surface area is 156 Å². The zero-order chi connectivity index (χ0) is 19.2. The molecular formula is C16H11Cl2F3N4O. The fraction of sp³-hybridized carbons (Fsp3) is 0.312. The Kier molecular flexibility index (Phi) is 4.63. The van der Waals surface area contributed by atoms with Gasteiger partial charge in [0.1, 0.15) is 17.3 Å². The molecule has 1 amide bonds. The van der Waals surface area contributed by atoms with Crippen molar-refractivity contribution in [3.05, 3.63) is 39.5 Å². The molecule has 2 aromatic rings. The molecule has 10 heteroatoms. The van der Waals surface area contributed by atoms with Gasteiger partial charge in [-0.05, 0) is 24.5 Å². The van der Waals surface area contributed by atoms with Gasteiger partial charge in [-0.25, -0.2) is 4.68 Å². The molecule has 3 rings (SSSR count). The third-order valence-electron chi connectivity index (χ3n) is 4.13. The van der Waals surface area contributed by atoms with E-state index in [1.165, 1.54) is 6.20 Å². The molecule has 1 saturated carbocycles. The quantitative estimate of drug-likeness (QED) is 0.810. The SMILES string of the molecule is CC1CC1C(=O)Nc1c(C#N)cnn1-c1c(Cl)cc(C(F)(F)F)cc1Cl. The summed E-state index contributed by atoms with van der Waals surface area (Å²) in [4.78, 5) is 12.2. The minimum atomic E-state index is -4.62. The first-order valence-electron chi connectivity index (χ1n) is 7.49. The molecule has 136 valence electrons. The topological polar surface area (TPSA) is 70.7 Å². The lowest BCUT2D eigenvalue weighted by molar-refractivity contribution is -0.137. The zero-order valence-electron chi connectivity index (χ0n) is 13.2. The number of aromatic nitrogens is 2. The van der Waals surface area contributed by atoms with E-state index in [0.29, 0.717) is 12.1 Å². The van der Waals surface area contributed by atoms with Crippen molar-refractivity contribution in [1.29, 1.82) is 5.26 Å². The number of anilines is 1. The Morgan fingerprint density at radius 2 is 1.96 bits per heavy atom. The van der Waals surface area contributed by atoms with Crippen LogP contribution in [0.5, 0.6) is 0 Å². The van der Waals surface area contributed by atoms with Crippen molar-refractivity contribution in [2.24, 2.45) is 11.8 Å². The second-order valence-corrected chi connectivity index (χ2v) is 6.84. The van der Waals surface area contributed by atoms with Gasteiger partial charge in [0.05, 0.1) is 21.8 Å². The number of nitriles is 1. The van der Waals surface area contributed by atoms with Crippen LogP contribution in [0, 0.1) is 23.2 Å². The van der Waals surface area contributed by atoms with Crippen LogP contribution < -0.4 is 5.32 Å². The molecule has 26 heavy (non-hydrogen) atoms. The standard InChI is InChI=1S/C16H11Cl2F3N4O/c1-7-2-10(7)15(26)24-14-8(5-22)6-23-25(14)13-11(17)3-9(4-12(13)18)16(19,20)21/h3-4,6-7,10H,2H2,1H3,(H,24,26). The molecule has 1 aromatic carbocycles. The first kappa shape index (κ1) is 18.5. The monoisotopic (exact) mass is 402 g/mol. The van der Waals surface area contributed by atoms with Gasteiger partial charge in [-0.3, -0.25) is 4.79 Å². The third-order valence-corrected chi connectivity index (χ3v) is 4.71. The summed E-state index contributed by atoms with van der Waals surface area (Å²) in [6.07, 6.45) is -2.72. The first-order valence-corrected chi connectivity index (χ1v) is 8.24. The summed E-state index contributed by atoms with van der Waals surface area (Å²) < 4.78 is 39.7. The Morgan fingerprint density at radius 3 is 2.42 bits per heavy atom. The predicted octanol–water partition coefficient (Wildman–Crippen LogP) is 4.66. The van der Waals surface area contributed by atoms with Crippen molar-refractivity contribution in [3.8, 4) is 11.8 Å². The highest BCUT2D eigenvalue weighted by atomic mass is 35.5. The number of carbonyl (C=O) groups excluding carboxylic acids is 1. The molecule has 0 saturated heterocycles. The molecular weight excluding hydrogens is 392 g/mol. The number of carbonyl (C=O) groups is 1. The summed E-state index contributed by atoms with van der Waals surface area (Å²) in [6, 6.07) is 3.30. The molecule has 1 fully saturated rings. The Bertz CT molecular complexity index is 910. The van der Waals surface area contributed by atoms with Crippen molar-refractivity contribution in [2.75, 3.05) is 5.32 Å². The van der Waals surface area contributed by atoms with Gasteiger partial charge in [-0.15, -0.1) is 0 Å². The van der Waals surface area contributed by atoms with E-state index in [4.69, 9.17) is 23.2 Å². The van der Waals surface area contributed by atoms with Gasteiger partial charge in [0.2, 0.25) is 5.91 Å². The number of alkyl halides is 3. The average Bonchev–Trinajstić information content (AvgIpc) is 3.15. The number of benzene rings is 1. The van der Waals surface area contributed by atoms with E-state index in [-0.39, 0.29) is 44.9 Å². The van der Waals surface area contributed by atoms with E-state index < -0.39 is 11.7 Å². The molecule has 0 radical (unpaired) electrons. The maximum absolute atomic E-state index is 12.9. The number of hydrogen-bond acceptors (Lipinski definition) is 3. The average molecular weight is 403 g/mol. The van der Waals surface area contributed by atoms with Crippen LogP contribution >= 0.6 is 23.2 Å². The van der Waals surface area contributed by atoms with Crippen LogP contribution in [0.25, 0.3) is 5.69 Å². The predicted molar refractivity (Wildman–Crippen MR) is 89.2 cm³/mol. The maximum Gasteiger partial charge on any atom is 0.416 e. The van der Waals surface area contributed by atoms with E-state index in [1.807, 2.05) is 13.0 Å². The summed E-state index contributed by atoms with van der Waals surface area (Å²) in [7, 11) is 0. The number of nitrogens with zero attached hydrogens (tertiary/aromatic N) is 3. The molecule has 5 nitrogen and oxygen atoms in total. The summed E-state index contributed by atoms with van der Waals surface area (Å²) in [5.41, 5.74) is -1.03. The van der Waals surface area contributed by atoms with Crippen molar-refractivity contribution < 1.29 is 18.0 Å². The molecule has 1 aliphatic rings. The second-order valence-electron chi connectivity index (χ2n) is 6.03. The van der Waals surface area contributed by atoms with E-state index in [2.05, 4.69) is 10.4 Å². The van der Waals surface area contributed by atoms with Crippen molar-refractivity contribution in [3.63, 3.8) is 0 Å². The Morgan fingerprint density at radius 1 is 1.38 bits per heavy atom. The molecule has 0 bridgehead atoms. The van der Waals surface area contributed by atoms with Crippen LogP contribution in [0.15, 0.2) is 18.3 Å². The fourth-order valence-electron chi connectivity index (χ4n) is 2.55. The van der Waals surface area contributed by atoms with E-state index >= 15 is 0 Å². The first-order chi connectivity index (χ1) is 12.1. The molecule has 0 aliphatic heterocycles. The molecule has 1 heterocycles. The van der Waals surface area contributed by atoms with Crippen molar-refractivity contribution >= 4 is 34.9 Å². The minimum Gasteiger partial charge on any atom is -0.309 e. The highest BCUT2D eigenvalue weighted by Crippen LogP contribution is 2.40. The highest BCUT2D eigenvalue weighted by Gasteiger charge is 2.40. The van der Waals surface area contributed by atoms with Gasteiger partial charge < -0.3 is 5.32 Å². The highest BCUT2D eigenvalue weighted by molar-refractivity contribution is 6.38. The van der Waals surface area contributed by atoms with Crippen molar-refractivity contribution in [1.82, 2.24) is 9.78 Å². The summed E-state index contributed by atoms with van der Waals surface area (Å²) >= 11 is 12.0. The van der Waals surface area contributed by atoms with Crippen LogP contribution in [-0.4, -0.2) is 15.7 Å². The Balaban J connectivity index is 2.06. The number of amides is 1. The molecule has 2 unspecified atom stereocenters. The molecule has 1 aliphatic carbocycles. The second kappa shape index (κ2) is 6.49. The molecule has 2 atom stereocenters. The number of halogens is 5. The lowest BCUT2D eigenvalue weighted by Crippen LogP contribution is -2.18. The van der Waals surface area contributed by atoms with Gasteiger partial charge >= 0.3 is 6.18 Å². The lowest BCUT2D eigenvalue weighted by Gasteiger charge is -2.15. The Hall–Kier alpha value is -2.24. The smallest absolute Gasteiger partial charge is 0.309 e. The third kappa shape index (κ3) is 3.37. The van der Waals surface area contributed by atoms with Crippen LogP contribution in [0.2, 0.25) is 10.0 Å². The van der Waals surface area contributed by atoms with Gasteiger partial charge in [-0.2, -0.15) is 23.5 Å². The molecule has 1 N–H and O–H groups in total. The normalized spacial score (nSPS) is 19.1. The van der Waals surface area contributed by atoms with Crippen LogP contribution in [0.4, 0.5) is 19.0 Å². The van der Waals surface area contributed by atoms with Gasteiger partial charge in [0.15, 0.2) is 5.82 Å². The van der Waals surface area contributed by atoms with Crippen LogP contribution in [0.1, 0.15) is 24.5 Å². The van der Waals surface area contributed by atoms with Gasteiger partial charge in [0, 0.05) is 5.92 Å². The van der Waals surface area contributed by atoms with E-state index in [1.54, 1.807) is 0 Å². The van der Waals surface area contributed by atoms with Crippen LogP contribution in [0.3, 0.4) is 0 Å². The van der Waals surface area contributed by atoms with Crippen molar-refractivity contribution in [2.45, 2.75) is 19.5 Å². The molecule has 1 aromatic heterocycles. The largest absolute Gasteiger partial charge is 0.416 e. The van der Waals surface area contributed by atoms with E-state index in [9.17, 15) is 23.2 Å². The van der Waals surface area contributed by atoms with Gasteiger partial charge in [0.25, 0.3) is 0 Å². The number of hydrogen-bond donors (Lipinski definition) is 1. The fourth-order valence-corrected chi connectivity index (χ4v) is 3.20. The summed E-state index contributed by atoms with van der Waals surface area (Å²) in [5, 5.41) is 15.1. The summed E-state index contributed by atoms with van der Waals surface area (Å²) in [5.74, 6) is -0.228. The lowest BCUT2D eigenvalue weighted by atomic mass is 10.2. The minimum absolute atomic E-state index is 0.0140. The maximum atomic E-state index is 12.9. The van der Waals surface area contributed by atoms with E-state index in [0.717, 1.165) is 11.1 Å². The zero-order valence-corrected chi connectivity index (χ0v) is 14.7. The van der Waals surface area contributed by atoms with Crippen LogP contribution in [-0.2, 0) is 11.0 Å². The molecule has 0 spiro atoms. The number of nitrogens with one attached hydrogen (secondary N) is 1. The number of rotatable bonds is 3.